The third kappa shape index (κ3) is 1.95. The van der Waals surface area contributed by atoms with Crippen molar-refractivity contribution >= 4 is 0 Å². The van der Waals surface area contributed by atoms with Crippen LogP contribution in [-0.2, 0) is 9.47 Å². The van der Waals surface area contributed by atoms with Gasteiger partial charge in [0.25, 0.3) is 0 Å². The Morgan fingerprint density at radius 2 is 1.86 bits per heavy atom. The third-order valence-corrected chi connectivity index (χ3v) is 3.61. The molecule has 1 saturated heterocycles. The van der Waals surface area contributed by atoms with E-state index in [0.717, 1.165) is 45.3 Å². The summed E-state index contributed by atoms with van der Waals surface area (Å²) in [5, 5.41) is 0. The van der Waals surface area contributed by atoms with Gasteiger partial charge >= 0.3 is 0 Å². The molecule has 2 aliphatic rings. The molecule has 2 fully saturated rings. The average molecular weight is 198 g/mol. The maximum absolute atomic E-state index is 7.89. The van der Waals surface area contributed by atoms with E-state index >= 15 is 0 Å². The van der Waals surface area contributed by atoms with Crippen LogP contribution in [0.1, 0.15) is 39.0 Å². The van der Waals surface area contributed by atoms with Crippen LogP contribution in [-0.4, -0.2) is 25.0 Å². The highest BCUT2D eigenvalue weighted by molar-refractivity contribution is 4.89. The minimum Gasteiger partial charge on any atom is -0.674 e. The molecule has 3 heteroatoms. The minimum atomic E-state index is -0.246. The summed E-state index contributed by atoms with van der Waals surface area (Å²) in [6.45, 7) is 3.61. The van der Waals surface area contributed by atoms with Crippen molar-refractivity contribution in [2.45, 2.75) is 50.9 Å². The van der Waals surface area contributed by atoms with Gasteiger partial charge in [-0.3, -0.25) is 0 Å². The molecule has 2 rings (SSSR count). The molecule has 0 aromatic heterocycles. The lowest BCUT2D eigenvalue weighted by Gasteiger charge is -2.40. The molecule has 82 valence electrons. The first kappa shape index (κ1) is 10.4. The zero-order valence-corrected chi connectivity index (χ0v) is 8.92. The van der Waals surface area contributed by atoms with E-state index in [1.165, 1.54) is 0 Å². The van der Waals surface area contributed by atoms with E-state index in [-0.39, 0.29) is 11.8 Å². The van der Waals surface area contributed by atoms with Gasteiger partial charge < -0.3 is 15.2 Å². The van der Waals surface area contributed by atoms with Crippen molar-refractivity contribution in [3.05, 3.63) is 5.73 Å². The van der Waals surface area contributed by atoms with E-state index in [9.17, 15) is 0 Å². The number of rotatable bonds is 2. The highest BCUT2D eigenvalue weighted by Gasteiger charge is 2.40. The van der Waals surface area contributed by atoms with E-state index in [2.05, 4.69) is 6.92 Å². The molecule has 0 aromatic carbocycles. The zero-order chi connectivity index (χ0) is 10.0. The van der Waals surface area contributed by atoms with Crippen LogP contribution in [0.4, 0.5) is 0 Å². The smallest absolute Gasteiger partial charge is 0.168 e. The Morgan fingerprint density at radius 1 is 1.29 bits per heavy atom. The fourth-order valence-electron chi connectivity index (χ4n) is 2.60. The van der Waals surface area contributed by atoms with Gasteiger partial charge in [-0.05, 0) is 12.8 Å². The summed E-state index contributed by atoms with van der Waals surface area (Å²) >= 11 is 0. The van der Waals surface area contributed by atoms with Gasteiger partial charge in [0, 0.05) is 12.8 Å². The summed E-state index contributed by atoms with van der Waals surface area (Å²) < 4.78 is 11.3. The second-order valence-corrected chi connectivity index (χ2v) is 4.46. The van der Waals surface area contributed by atoms with Gasteiger partial charge in [-0.15, -0.1) is 6.04 Å². The van der Waals surface area contributed by atoms with Crippen molar-refractivity contribution in [2.24, 2.45) is 5.92 Å². The first-order valence-electron chi connectivity index (χ1n) is 5.75. The Bertz CT molecular complexity index is 180. The molecule has 1 aliphatic heterocycles. The summed E-state index contributed by atoms with van der Waals surface area (Å²) in [6.07, 6.45) is 5.16. The SMILES string of the molecule is CCC([NH-])C1CCC2(CC1)OCCO2. The second kappa shape index (κ2) is 4.17. The standard InChI is InChI=1S/C11H20NO2/c1-2-10(12)9-3-5-11(6-4-9)13-7-8-14-11/h9-10,12H,2-8H2,1H3/q-1. The number of hydrogen-bond donors (Lipinski definition) is 0. The Kier molecular flexibility index (Phi) is 3.10. The van der Waals surface area contributed by atoms with Crippen LogP contribution >= 0.6 is 0 Å². The number of hydrogen-bond acceptors (Lipinski definition) is 2. The van der Waals surface area contributed by atoms with Gasteiger partial charge in [0.05, 0.1) is 13.2 Å². The van der Waals surface area contributed by atoms with Crippen LogP contribution in [0.25, 0.3) is 5.73 Å². The van der Waals surface area contributed by atoms with Crippen molar-refractivity contribution in [1.29, 1.82) is 0 Å². The summed E-state index contributed by atoms with van der Waals surface area (Å²) in [5.41, 5.74) is 7.89. The average Bonchev–Trinajstić information content (AvgIpc) is 2.67. The van der Waals surface area contributed by atoms with Crippen molar-refractivity contribution in [2.75, 3.05) is 13.2 Å². The monoisotopic (exact) mass is 198 g/mol. The van der Waals surface area contributed by atoms with Crippen molar-refractivity contribution < 1.29 is 9.47 Å². The lowest BCUT2D eigenvalue weighted by molar-refractivity contribution is -0.182. The van der Waals surface area contributed by atoms with E-state index in [0.29, 0.717) is 5.92 Å². The highest BCUT2D eigenvalue weighted by Crippen LogP contribution is 2.40. The molecule has 1 spiro atoms. The van der Waals surface area contributed by atoms with Crippen LogP contribution in [0, 0.1) is 5.92 Å². The van der Waals surface area contributed by atoms with Crippen molar-refractivity contribution in [3.8, 4) is 0 Å². The van der Waals surface area contributed by atoms with Crippen LogP contribution in [0.3, 0.4) is 0 Å². The van der Waals surface area contributed by atoms with Crippen LogP contribution < -0.4 is 0 Å². The molecule has 0 amide bonds. The summed E-state index contributed by atoms with van der Waals surface area (Å²) in [4.78, 5) is 0. The molecular weight excluding hydrogens is 178 g/mol. The Labute approximate surface area is 85.9 Å². The summed E-state index contributed by atoms with van der Waals surface area (Å²) in [6, 6.07) is 0.119. The minimum absolute atomic E-state index is 0.119. The summed E-state index contributed by atoms with van der Waals surface area (Å²) in [7, 11) is 0. The fraction of sp³-hybridized carbons (Fsp3) is 1.00. The normalized spacial score (nSPS) is 29.6. The van der Waals surface area contributed by atoms with Crippen molar-refractivity contribution in [1.82, 2.24) is 0 Å². The van der Waals surface area contributed by atoms with Gasteiger partial charge in [-0.2, -0.15) is 0 Å². The third-order valence-electron chi connectivity index (χ3n) is 3.61. The van der Waals surface area contributed by atoms with Crippen molar-refractivity contribution in [3.63, 3.8) is 0 Å². The first-order chi connectivity index (χ1) is 6.76. The predicted octanol–water partition coefficient (Wildman–Crippen LogP) is 2.75. The quantitative estimate of drug-likeness (QED) is 0.684. The zero-order valence-electron chi connectivity index (χ0n) is 8.92. The van der Waals surface area contributed by atoms with Crippen LogP contribution in [0.15, 0.2) is 0 Å². The maximum Gasteiger partial charge on any atom is 0.168 e. The Morgan fingerprint density at radius 3 is 2.36 bits per heavy atom. The molecule has 1 atom stereocenters. The molecule has 14 heavy (non-hydrogen) atoms. The lowest BCUT2D eigenvalue weighted by atomic mass is 9.80. The Balaban J connectivity index is 1.85. The molecule has 3 nitrogen and oxygen atoms in total. The molecule has 1 unspecified atom stereocenters. The van der Waals surface area contributed by atoms with E-state index < -0.39 is 0 Å². The first-order valence-corrected chi connectivity index (χ1v) is 5.75. The van der Waals surface area contributed by atoms with Gasteiger partial charge in [-0.1, -0.05) is 19.3 Å². The number of ether oxygens (including phenoxy) is 2. The Hall–Kier alpha value is -0.120. The van der Waals surface area contributed by atoms with E-state index in [1.807, 2.05) is 0 Å². The molecule has 1 saturated carbocycles. The maximum atomic E-state index is 7.89. The van der Waals surface area contributed by atoms with Crippen LogP contribution in [0.5, 0.6) is 0 Å². The van der Waals surface area contributed by atoms with E-state index in [4.69, 9.17) is 15.2 Å². The van der Waals surface area contributed by atoms with Gasteiger partial charge in [0.2, 0.25) is 0 Å². The van der Waals surface area contributed by atoms with E-state index in [1.54, 1.807) is 0 Å². The topological polar surface area (TPSA) is 42.3 Å². The summed E-state index contributed by atoms with van der Waals surface area (Å²) in [5.74, 6) is 0.322. The molecule has 1 N–H and O–H groups in total. The fourth-order valence-corrected chi connectivity index (χ4v) is 2.60. The molecule has 0 radical (unpaired) electrons. The highest BCUT2D eigenvalue weighted by atomic mass is 16.7. The van der Waals surface area contributed by atoms with Gasteiger partial charge in [-0.25, -0.2) is 0 Å². The molecule has 0 aromatic rings. The molecular formula is C11H20NO2-. The molecule has 0 bridgehead atoms. The van der Waals surface area contributed by atoms with Gasteiger partial charge in [0.15, 0.2) is 5.79 Å². The largest absolute Gasteiger partial charge is 0.674 e. The second-order valence-electron chi connectivity index (χ2n) is 4.46. The predicted molar refractivity (Wildman–Crippen MR) is 55.0 cm³/mol. The lowest BCUT2D eigenvalue weighted by Crippen LogP contribution is -2.37. The van der Waals surface area contributed by atoms with Crippen LogP contribution in [0.2, 0.25) is 0 Å². The molecule has 1 heterocycles. The van der Waals surface area contributed by atoms with Gasteiger partial charge in [0.1, 0.15) is 0 Å². The number of nitrogens with one attached hydrogen (secondary N) is 1. The molecule has 1 aliphatic carbocycles.